The lowest BCUT2D eigenvalue weighted by molar-refractivity contribution is 1.02. The van der Waals surface area contributed by atoms with Crippen LogP contribution in [-0.4, -0.2) is 4.98 Å². The number of aryl methyl sites for hydroxylation is 1. The second kappa shape index (κ2) is 3.49. The molecule has 1 aromatic heterocycles. The van der Waals surface area contributed by atoms with Gasteiger partial charge in [0.05, 0.1) is 11.3 Å². The molecule has 3 heteroatoms. The summed E-state index contributed by atoms with van der Waals surface area (Å²) in [7, 11) is 0. The summed E-state index contributed by atoms with van der Waals surface area (Å²) >= 11 is 3.33. The molecular weight excluding hydrogens is 204 g/mol. The van der Waals surface area contributed by atoms with Crippen molar-refractivity contribution in [3.05, 3.63) is 28.0 Å². The van der Waals surface area contributed by atoms with Crippen LogP contribution in [0.1, 0.15) is 18.2 Å². The number of hydrogen-bond acceptors (Lipinski definition) is 2. The predicted octanol–water partition coefficient (Wildman–Crippen LogP) is 2.28. The van der Waals surface area contributed by atoms with Crippen LogP contribution in [0.4, 0.5) is 0 Å². The first kappa shape index (κ1) is 8.22. The highest BCUT2D eigenvalue weighted by Gasteiger charge is 1.99. The van der Waals surface area contributed by atoms with Crippen molar-refractivity contribution >= 4 is 15.9 Å². The average molecular weight is 211 g/mol. The maximum atomic E-state index is 8.51. The Kier molecular flexibility index (Phi) is 2.61. The van der Waals surface area contributed by atoms with E-state index in [0.717, 1.165) is 16.6 Å². The van der Waals surface area contributed by atoms with Gasteiger partial charge in [-0.05, 0) is 28.4 Å². The molecule has 0 amide bonds. The van der Waals surface area contributed by atoms with Crippen LogP contribution in [0.3, 0.4) is 0 Å². The van der Waals surface area contributed by atoms with E-state index in [4.69, 9.17) is 5.26 Å². The molecule has 0 atom stereocenters. The van der Waals surface area contributed by atoms with Crippen LogP contribution in [0.15, 0.2) is 16.7 Å². The normalized spacial score (nSPS) is 9.18. The first-order valence-corrected chi connectivity index (χ1v) is 4.11. The van der Waals surface area contributed by atoms with Gasteiger partial charge >= 0.3 is 0 Å². The molecule has 0 N–H and O–H groups in total. The maximum absolute atomic E-state index is 8.51. The minimum Gasteiger partial charge on any atom is -0.259 e. The molecule has 0 saturated heterocycles. The van der Waals surface area contributed by atoms with Gasteiger partial charge in [0.15, 0.2) is 0 Å². The Morgan fingerprint density at radius 1 is 1.73 bits per heavy atom. The van der Waals surface area contributed by atoms with Crippen molar-refractivity contribution in [1.29, 1.82) is 5.26 Å². The lowest BCUT2D eigenvalue weighted by atomic mass is 10.2. The van der Waals surface area contributed by atoms with Crippen LogP contribution < -0.4 is 0 Å². The Bertz CT molecular complexity index is 301. The topological polar surface area (TPSA) is 36.7 Å². The first-order valence-electron chi connectivity index (χ1n) is 3.32. The third-order valence-corrected chi connectivity index (χ3v) is 2.07. The van der Waals surface area contributed by atoms with Crippen LogP contribution in [-0.2, 0) is 6.42 Å². The molecule has 1 heterocycles. The fourth-order valence-electron chi connectivity index (χ4n) is 0.788. The molecule has 0 aliphatic carbocycles. The minimum atomic E-state index is 0.592. The van der Waals surface area contributed by atoms with Gasteiger partial charge in [-0.2, -0.15) is 5.26 Å². The highest BCUT2D eigenvalue weighted by molar-refractivity contribution is 9.10. The zero-order valence-electron chi connectivity index (χ0n) is 6.13. The van der Waals surface area contributed by atoms with Crippen molar-refractivity contribution in [2.45, 2.75) is 13.3 Å². The van der Waals surface area contributed by atoms with E-state index in [1.807, 2.05) is 13.0 Å². The molecule has 0 aromatic carbocycles. The number of halogens is 1. The number of aromatic nitrogens is 1. The van der Waals surface area contributed by atoms with Gasteiger partial charge in [0.1, 0.15) is 6.07 Å². The van der Waals surface area contributed by atoms with Crippen molar-refractivity contribution in [1.82, 2.24) is 4.98 Å². The zero-order valence-corrected chi connectivity index (χ0v) is 7.72. The Hall–Kier alpha value is -0.880. The Morgan fingerprint density at radius 3 is 2.91 bits per heavy atom. The highest BCUT2D eigenvalue weighted by Crippen LogP contribution is 2.15. The van der Waals surface area contributed by atoms with Gasteiger partial charge in [-0.1, -0.05) is 6.92 Å². The molecule has 0 aliphatic heterocycles. The minimum absolute atomic E-state index is 0.592. The van der Waals surface area contributed by atoms with Gasteiger partial charge < -0.3 is 0 Å². The summed E-state index contributed by atoms with van der Waals surface area (Å²) in [6.07, 6.45) is 2.47. The fourth-order valence-corrected chi connectivity index (χ4v) is 1.42. The molecule has 0 saturated carbocycles. The van der Waals surface area contributed by atoms with E-state index >= 15 is 0 Å². The van der Waals surface area contributed by atoms with Crippen LogP contribution in [0.2, 0.25) is 0 Å². The monoisotopic (exact) mass is 210 g/mol. The van der Waals surface area contributed by atoms with Crippen molar-refractivity contribution in [3.8, 4) is 6.07 Å². The third kappa shape index (κ3) is 1.78. The molecule has 0 unspecified atom stereocenters. The largest absolute Gasteiger partial charge is 0.259 e. The van der Waals surface area contributed by atoms with E-state index in [0.29, 0.717) is 5.56 Å². The predicted molar refractivity (Wildman–Crippen MR) is 46.0 cm³/mol. The molecule has 0 aliphatic rings. The summed E-state index contributed by atoms with van der Waals surface area (Å²) in [5.74, 6) is 0. The summed E-state index contributed by atoms with van der Waals surface area (Å²) in [5.41, 5.74) is 1.58. The van der Waals surface area contributed by atoms with E-state index < -0.39 is 0 Å². The fraction of sp³-hybridized carbons (Fsp3) is 0.250. The molecule has 0 radical (unpaired) electrons. The van der Waals surface area contributed by atoms with Crippen LogP contribution >= 0.6 is 15.9 Å². The molecule has 2 nitrogen and oxygen atoms in total. The van der Waals surface area contributed by atoms with E-state index in [9.17, 15) is 0 Å². The van der Waals surface area contributed by atoms with Crippen molar-refractivity contribution in [3.63, 3.8) is 0 Å². The SMILES string of the molecule is CCc1ncc(C#N)cc1Br. The van der Waals surface area contributed by atoms with Crippen molar-refractivity contribution in [2.75, 3.05) is 0 Å². The summed E-state index contributed by atoms with van der Waals surface area (Å²) < 4.78 is 0.916. The van der Waals surface area contributed by atoms with E-state index in [1.165, 1.54) is 0 Å². The zero-order chi connectivity index (χ0) is 8.27. The number of hydrogen-bond donors (Lipinski definition) is 0. The van der Waals surface area contributed by atoms with Crippen molar-refractivity contribution in [2.24, 2.45) is 0 Å². The van der Waals surface area contributed by atoms with E-state index in [2.05, 4.69) is 20.9 Å². The Labute approximate surface area is 74.0 Å². The summed E-state index contributed by atoms with van der Waals surface area (Å²) in [6, 6.07) is 3.81. The Morgan fingerprint density at radius 2 is 2.45 bits per heavy atom. The smallest absolute Gasteiger partial charge is 0.101 e. The summed E-state index contributed by atoms with van der Waals surface area (Å²) in [5, 5.41) is 8.51. The lowest BCUT2D eigenvalue weighted by Crippen LogP contribution is -1.89. The van der Waals surface area contributed by atoms with Gasteiger partial charge in [0.2, 0.25) is 0 Å². The van der Waals surface area contributed by atoms with Gasteiger partial charge in [-0.15, -0.1) is 0 Å². The molecular formula is C8H7BrN2. The second-order valence-electron chi connectivity index (χ2n) is 2.12. The highest BCUT2D eigenvalue weighted by atomic mass is 79.9. The van der Waals surface area contributed by atoms with Crippen molar-refractivity contribution < 1.29 is 0 Å². The number of nitriles is 1. The molecule has 11 heavy (non-hydrogen) atoms. The molecule has 56 valence electrons. The molecule has 0 bridgehead atoms. The molecule has 0 spiro atoms. The number of rotatable bonds is 1. The van der Waals surface area contributed by atoms with Crippen LogP contribution in [0.5, 0.6) is 0 Å². The van der Waals surface area contributed by atoms with Gasteiger partial charge in [0.25, 0.3) is 0 Å². The average Bonchev–Trinajstić information content (AvgIpc) is 2.04. The third-order valence-electron chi connectivity index (χ3n) is 1.38. The number of pyridine rings is 1. The van der Waals surface area contributed by atoms with Crippen LogP contribution in [0.25, 0.3) is 0 Å². The van der Waals surface area contributed by atoms with Gasteiger partial charge in [-0.25, -0.2) is 0 Å². The molecule has 1 aromatic rings. The van der Waals surface area contributed by atoms with E-state index in [-0.39, 0.29) is 0 Å². The molecule has 0 fully saturated rings. The summed E-state index contributed by atoms with van der Waals surface area (Å²) in [4.78, 5) is 4.10. The Balaban J connectivity index is 3.12. The second-order valence-corrected chi connectivity index (χ2v) is 2.97. The lowest BCUT2D eigenvalue weighted by Gasteiger charge is -1.98. The van der Waals surface area contributed by atoms with Gasteiger partial charge in [0, 0.05) is 10.7 Å². The van der Waals surface area contributed by atoms with Crippen LogP contribution in [0, 0.1) is 11.3 Å². The maximum Gasteiger partial charge on any atom is 0.101 e. The van der Waals surface area contributed by atoms with E-state index in [1.54, 1.807) is 12.3 Å². The standard InChI is InChI=1S/C8H7BrN2/c1-2-8-7(9)3-6(4-10)5-11-8/h3,5H,2H2,1H3. The molecule has 1 rings (SSSR count). The van der Waals surface area contributed by atoms with Gasteiger partial charge in [-0.3, -0.25) is 4.98 Å². The summed E-state index contributed by atoms with van der Waals surface area (Å²) in [6.45, 7) is 2.03. The quantitative estimate of drug-likeness (QED) is 0.714. The first-order chi connectivity index (χ1) is 5.27. The number of nitrogens with zero attached hydrogens (tertiary/aromatic N) is 2.